The Bertz CT molecular complexity index is 699. The van der Waals surface area contributed by atoms with Gasteiger partial charge in [-0.25, -0.2) is 8.42 Å². The first kappa shape index (κ1) is 19.7. The van der Waals surface area contributed by atoms with Gasteiger partial charge in [0, 0.05) is 19.7 Å². The fraction of sp³-hybridized carbons (Fsp3) is 0.588. The number of amides is 1. The van der Waals surface area contributed by atoms with Crippen LogP contribution < -0.4 is 10.1 Å². The molecule has 0 spiro atoms. The minimum atomic E-state index is -3.83. The van der Waals surface area contributed by atoms with Crippen molar-refractivity contribution in [3.63, 3.8) is 0 Å². The summed E-state index contributed by atoms with van der Waals surface area (Å²) in [6, 6.07) is 4.96. The molecule has 0 aromatic heterocycles. The highest BCUT2D eigenvalue weighted by Crippen LogP contribution is 2.27. The molecule has 8 heteroatoms. The van der Waals surface area contributed by atoms with E-state index in [1.807, 2.05) is 6.92 Å². The molecule has 1 N–H and O–H groups in total. The molecule has 1 aromatic rings. The lowest BCUT2D eigenvalue weighted by atomic mass is 10.2. The van der Waals surface area contributed by atoms with Crippen molar-refractivity contribution in [2.45, 2.75) is 37.7 Å². The van der Waals surface area contributed by atoms with Crippen LogP contribution in [0.5, 0.6) is 5.75 Å². The Hall–Kier alpha value is -1.64. The van der Waals surface area contributed by atoms with Crippen molar-refractivity contribution >= 4 is 15.9 Å². The predicted octanol–water partition coefficient (Wildman–Crippen LogP) is 1.31. The van der Waals surface area contributed by atoms with E-state index in [2.05, 4.69) is 5.32 Å². The fourth-order valence-corrected chi connectivity index (χ4v) is 4.39. The first-order valence-electron chi connectivity index (χ1n) is 8.41. The van der Waals surface area contributed by atoms with Crippen molar-refractivity contribution in [1.82, 2.24) is 9.62 Å². The van der Waals surface area contributed by atoms with Crippen molar-refractivity contribution < 1.29 is 22.7 Å². The Kier molecular flexibility index (Phi) is 6.80. The first-order valence-corrected chi connectivity index (χ1v) is 9.85. The number of nitrogens with one attached hydrogen (secondary N) is 1. The van der Waals surface area contributed by atoms with Crippen LogP contribution in [0.2, 0.25) is 0 Å². The number of nitrogens with zero attached hydrogens (tertiary/aromatic N) is 1. The van der Waals surface area contributed by atoms with E-state index in [1.54, 1.807) is 25.1 Å². The Morgan fingerprint density at radius 2 is 2.20 bits per heavy atom. The average molecular weight is 370 g/mol. The van der Waals surface area contributed by atoms with Crippen LogP contribution in [0.3, 0.4) is 0 Å². The standard InChI is InChI=1S/C17H26N2O5S/c1-4-19(12-17(20)18-11-14-6-5-9-24-14)25(21,22)16-10-13(2)7-8-15(16)23-3/h7-8,10,14H,4-6,9,11-12H2,1-3H3,(H,18,20)/t14-/m1/s1. The summed E-state index contributed by atoms with van der Waals surface area (Å²) in [7, 11) is -2.41. The molecule has 1 aliphatic rings. The Balaban J connectivity index is 2.09. The normalized spacial score (nSPS) is 17.7. The molecule has 1 heterocycles. The summed E-state index contributed by atoms with van der Waals surface area (Å²) in [6.45, 7) is 4.58. The van der Waals surface area contributed by atoms with Crippen LogP contribution in [0.15, 0.2) is 23.1 Å². The smallest absolute Gasteiger partial charge is 0.247 e. The van der Waals surface area contributed by atoms with E-state index in [1.165, 1.54) is 7.11 Å². The molecule has 2 rings (SSSR count). The van der Waals surface area contributed by atoms with Gasteiger partial charge in [-0.05, 0) is 37.5 Å². The highest BCUT2D eigenvalue weighted by molar-refractivity contribution is 7.89. The van der Waals surface area contributed by atoms with Crippen LogP contribution in [0.1, 0.15) is 25.3 Å². The number of sulfonamides is 1. The summed E-state index contributed by atoms with van der Waals surface area (Å²) in [4.78, 5) is 12.2. The summed E-state index contributed by atoms with van der Waals surface area (Å²) in [6.07, 6.45) is 1.92. The second kappa shape index (κ2) is 8.64. The van der Waals surface area contributed by atoms with Gasteiger partial charge in [0.1, 0.15) is 10.6 Å². The zero-order valence-corrected chi connectivity index (χ0v) is 15.8. The van der Waals surface area contributed by atoms with Crippen LogP contribution in [0.4, 0.5) is 0 Å². The molecule has 1 atom stereocenters. The molecule has 1 aromatic carbocycles. The van der Waals surface area contributed by atoms with E-state index in [0.717, 1.165) is 22.7 Å². The van der Waals surface area contributed by atoms with E-state index >= 15 is 0 Å². The first-order chi connectivity index (χ1) is 11.9. The third-order valence-corrected chi connectivity index (χ3v) is 6.10. The molecule has 1 saturated heterocycles. The topological polar surface area (TPSA) is 84.9 Å². The van der Waals surface area contributed by atoms with E-state index in [-0.39, 0.29) is 35.7 Å². The maximum atomic E-state index is 12.9. The molecule has 0 saturated carbocycles. The molecule has 0 radical (unpaired) electrons. The van der Waals surface area contributed by atoms with Gasteiger partial charge in [-0.2, -0.15) is 4.31 Å². The predicted molar refractivity (Wildman–Crippen MR) is 94.1 cm³/mol. The van der Waals surface area contributed by atoms with Gasteiger partial charge in [0.25, 0.3) is 0 Å². The minimum absolute atomic E-state index is 0.0208. The van der Waals surface area contributed by atoms with Gasteiger partial charge in [-0.3, -0.25) is 4.79 Å². The fourth-order valence-electron chi connectivity index (χ4n) is 2.74. The van der Waals surface area contributed by atoms with Crippen molar-refractivity contribution in [3.8, 4) is 5.75 Å². The molecule has 0 bridgehead atoms. The van der Waals surface area contributed by atoms with E-state index < -0.39 is 10.0 Å². The van der Waals surface area contributed by atoms with Crippen molar-refractivity contribution in [2.24, 2.45) is 0 Å². The van der Waals surface area contributed by atoms with Crippen LogP contribution in [-0.2, 0) is 19.6 Å². The summed E-state index contributed by atoms with van der Waals surface area (Å²) in [5, 5.41) is 2.75. The van der Waals surface area contributed by atoms with Gasteiger partial charge < -0.3 is 14.8 Å². The molecular weight excluding hydrogens is 344 g/mol. The lowest BCUT2D eigenvalue weighted by molar-refractivity contribution is -0.121. The second-order valence-electron chi connectivity index (χ2n) is 6.02. The molecule has 1 fully saturated rings. The van der Waals surface area contributed by atoms with Gasteiger partial charge in [-0.1, -0.05) is 13.0 Å². The summed E-state index contributed by atoms with van der Waals surface area (Å²) in [5.41, 5.74) is 0.804. The summed E-state index contributed by atoms with van der Waals surface area (Å²) < 4.78 is 37.6. The highest BCUT2D eigenvalue weighted by Gasteiger charge is 2.28. The molecule has 7 nitrogen and oxygen atoms in total. The summed E-state index contributed by atoms with van der Waals surface area (Å²) in [5.74, 6) is -0.0728. The van der Waals surface area contributed by atoms with Crippen LogP contribution in [0, 0.1) is 6.92 Å². The monoisotopic (exact) mass is 370 g/mol. The largest absolute Gasteiger partial charge is 0.495 e. The van der Waals surface area contributed by atoms with Gasteiger partial charge >= 0.3 is 0 Å². The number of benzene rings is 1. The molecule has 1 aliphatic heterocycles. The highest BCUT2D eigenvalue weighted by atomic mass is 32.2. The van der Waals surface area contributed by atoms with Crippen LogP contribution >= 0.6 is 0 Å². The number of ether oxygens (including phenoxy) is 2. The SMILES string of the molecule is CCN(CC(=O)NC[C@H]1CCCO1)S(=O)(=O)c1cc(C)ccc1OC. The number of carbonyl (C=O) groups excluding carboxylic acids is 1. The van der Waals surface area contributed by atoms with Crippen molar-refractivity contribution in [1.29, 1.82) is 0 Å². The quantitative estimate of drug-likeness (QED) is 0.746. The zero-order valence-electron chi connectivity index (χ0n) is 14.9. The van der Waals surface area contributed by atoms with E-state index in [4.69, 9.17) is 9.47 Å². The van der Waals surface area contributed by atoms with Gasteiger partial charge in [0.2, 0.25) is 15.9 Å². The Morgan fingerprint density at radius 3 is 2.80 bits per heavy atom. The Morgan fingerprint density at radius 1 is 1.44 bits per heavy atom. The minimum Gasteiger partial charge on any atom is -0.495 e. The maximum absolute atomic E-state index is 12.9. The van der Waals surface area contributed by atoms with E-state index in [0.29, 0.717) is 13.2 Å². The van der Waals surface area contributed by atoms with E-state index in [9.17, 15) is 13.2 Å². The number of rotatable bonds is 8. The van der Waals surface area contributed by atoms with Crippen molar-refractivity contribution in [2.75, 3.05) is 33.4 Å². The molecule has 25 heavy (non-hydrogen) atoms. The zero-order chi connectivity index (χ0) is 18.4. The number of likely N-dealkylation sites (N-methyl/N-ethyl adjacent to an activating group) is 1. The Labute approximate surface area is 149 Å². The average Bonchev–Trinajstić information content (AvgIpc) is 3.11. The number of carbonyl (C=O) groups is 1. The molecule has 0 aliphatic carbocycles. The van der Waals surface area contributed by atoms with Gasteiger partial charge in [0.15, 0.2) is 0 Å². The third kappa shape index (κ3) is 4.93. The van der Waals surface area contributed by atoms with Crippen LogP contribution in [-0.4, -0.2) is 58.1 Å². The van der Waals surface area contributed by atoms with Crippen LogP contribution in [0.25, 0.3) is 0 Å². The number of methoxy groups -OCH3 is 1. The molecular formula is C17H26N2O5S. The molecule has 1 amide bonds. The summed E-state index contributed by atoms with van der Waals surface area (Å²) >= 11 is 0. The number of hydrogen-bond donors (Lipinski definition) is 1. The lowest BCUT2D eigenvalue weighted by Crippen LogP contribution is -2.42. The molecule has 140 valence electrons. The second-order valence-corrected chi connectivity index (χ2v) is 7.93. The third-order valence-electron chi connectivity index (χ3n) is 4.16. The van der Waals surface area contributed by atoms with Gasteiger partial charge in [0.05, 0.1) is 19.8 Å². The molecule has 0 unspecified atom stereocenters. The maximum Gasteiger partial charge on any atom is 0.247 e. The number of hydrogen-bond acceptors (Lipinski definition) is 5. The number of aryl methyl sites for hydroxylation is 1. The van der Waals surface area contributed by atoms with Crippen molar-refractivity contribution in [3.05, 3.63) is 23.8 Å². The lowest BCUT2D eigenvalue weighted by Gasteiger charge is -2.22. The van der Waals surface area contributed by atoms with Gasteiger partial charge in [-0.15, -0.1) is 0 Å².